The van der Waals surface area contributed by atoms with Gasteiger partial charge < -0.3 is 4.43 Å². The Kier molecular flexibility index (Phi) is 6.28. The largest absolute Gasteiger partial charge is 0.404 e. The summed E-state index contributed by atoms with van der Waals surface area (Å²) in [6, 6.07) is 21.8. The van der Waals surface area contributed by atoms with Crippen LogP contribution in [0.4, 0.5) is 0 Å². The summed E-state index contributed by atoms with van der Waals surface area (Å²) in [5, 5.41) is 2.72. The van der Waals surface area contributed by atoms with Crippen LogP contribution in [0.5, 0.6) is 0 Å². The van der Waals surface area contributed by atoms with E-state index in [-0.39, 0.29) is 11.1 Å². The van der Waals surface area contributed by atoms with E-state index in [1.54, 1.807) is 0 Å². The van der Waals surface area contributed by atoms with E-state index in [4.69, 9.17) is 4.43 Å². The summed E-state index contributed by atoms with van der Waals surface area (Å²) in [5.41, 5.74) is 0. The number of allylic oxidation sites excluding steroid dienone is 1. The van der Waals surface area contributed by atoms with Gasteiger partial charge in [-0.3, -0.25) is 0 Å². The first-order valence-electron chi connectivity index (χ1n) is 9.13. The van der Waals surface area contributed by atoms with Crippen LogP contribution in [-0.4, -0.2) is 19.2 Å². The van der Waals surface area contributed by atoms with Crippen LogP contribution >= 0.6 is 31.9 Å². The predicted molar refractivity (Wildman–Crippen MR) is 121 cm³/mol. The number of halogens is 2. The molecule has 2 aromatic rings. The first-order chi connectivity index (χ1) is 12.3. The molecule has 1 aliphatic carbocycles. The summed E-state index contributed by atoms with van der Waals surface area (Å²) in [4.78, 5) is 0.333. The molecule has 138 valence electrons. The van der Waals surface area contributed by atoms with Gasteiger partial charge in [0, 0.05) is 9.31 Å². The number of rotatable bonds is 4. The average Bonchev–Trinajstić information content (AvgIpc) is 2.63. The van der Waals surface area contributed by atoms with Gasteiger partial charge in [0.25, 0.3) is 8.32 Å². The molecule has 2 atom stereocenters. The highest BCUT2D eigenvalue weighted by molar-refractivity contribution is 9.14. The van der Waals surface area contributed by atoms with Crippen molar-refractivity contribution in [1.82, 2.24) is 0 Å². The lowest BCUT2D eigenvalue weighted by molar-refractivity contribution is 0.179. The highest BCUT2D eigenvalue weighted by Crippen LogP contribution is 2.40. The molecule has 0 saturated carbocycles. The number of hydrogen-bond acceptors (Lipinski definition) is 1. The Hall–Kier alpha value is -0.683. The molecule has 2 aromatic carbocycles. The monoisotopic (exact) mass is 492 g/mol. The smallest absolute Gasteiger partial charge is 0.261 e. The lowest BCUT2D eigenvalue weighted by atomic mass is 10.1. The summed E-state index contributed by atoms with van der Waals surface area (Å²) in [6.45, 7) is 7.00. The van der Waals surface area contributed by atoms with Gasteiger partial charge >= 0.3 is 0 Å². The van der Waals surface area contributed by atoms with Crippen LogP contribution < -0.4 is 10.4 Å². The van der Waals surface area contributed by atoms with Gasteiger partial charge in [0.2, 0.25) is 0 Å². The van der Waals surface area contributed by atoms with E-state index < -0.39 is 8.32 Å². The van der Waals surface area contributed by atoms with Crippen LogP contribution in [0.2, 0.25) is 5.04 Å². The van der Waals surface area contributed by atoms with E-state index in [0.717, 1.165) is 12.8 Å². The summed E-state index contributed by atoms with van der Waals surface area (Å²) in [7, 11) is -2.45. The molecule has 0 saturated heterocycles. The molecule has 0 aromatic heterocycles. The van der Waals surface area contributed by atoms with E-state index in [9.17, 15) is 0 Å². The van der Waals surface area contributed by atoms with Gasteiger partial charge in [-0.2, -0.15) is 0 Å². The normalized spacial score (nSPS) is 21.3. The quantitative estimate of drug-likeness (QED) is 0.388. The van der Waals surface area contributed by atoms with Crippen molar-refractivity contribution in [1.29, 1.82) is 0 Å². The first kappa shape index (κ1) is 20.1. The fraction of sp³-hybridized carbons (Fsp3) is 0.364. The van der Waals surface area contributed by atoms with Crippen molar-refractivity contribution in [2.45, 2.75) is 49.6 Å². The second kappa shape index (κ2) is 8.13. The summed E-state index contributed by atoms with van der Waals surface area (Å²) >= 11 is 7.44. The zero-order chi connectivity index (χ0) is 18.8. The topological polar surface area (TPSA) is 9.23 Å². The number of alkyl halides is 1. The second-order valence-electron chi connectivity index (χ2n) is 7.93. The number of benzene rings is 2. The summed E-state index contributed by atoms with van der Waals surface area (Å²) in [5.74, 6) is 0. The maximum atomic E-state index is 7.18. The molecule has 0 N–H and O–H groups in total. The molecule has 1 nitrogen and oxygen atoms in total. The van der Waals surface area contributed by atoms with Crippen LogP contribution in [0, 0.1) is 0 Å². The molecule has 4 heteroatoms. The second-order valence-corrected chi connectivity index (χ2v) is 14.2. The third-order valence-corrected chi connectivity index (χ3v) is 12.6. The van der Waals surface area contributed by atoms with E-state index in [1.807, 2.05) is 0 Å². The molecule has 0 bridgehead atoms. The van der Waals surface area contributed by atoms with Crippen molar-refractivity contribution in [3.05, 3.63) is 71.2 Å². The molecule has 0 amide bonds. The van der Waals surface area contributed by atoms with E-state index in [2.05, 4.69) is 119 Å². The molecule has 0 spiro atoms. The molecular formula is C22H26Br2OSi. The van der Waals surface area contributed by atoms with Crippen LogP contribution in [0.15, 0.2) is 71.2 Å². The molecule has 0 aliphatic heterocycles. The number of hydrogen-bond donors (Lipinski definition) is 0. The Morgan fingerprint density at radius 1 is 0.923 bits per heavy atom. The minimum atomic E-state index is -2.45. The highest BCUT2D eigenvalue weighted by Gasteiger charge is 2.51. The van der Waals surface area contributed by atoms with Gasteiger partial charge in [-0.25, -0.2) is 0 Å². The minimum Gasteiger partial charge on any atom is -0.404 e. The Morgan fingerprint density at radius 3 is 1.85 bits per heavy atom. The van der Waals surface area contributed by atoms with Gasteiger partial charge in [0.15, 0.2) is 0 Å². The zero-order valence-corrected chi connectivity index (χ0v) is 19.8. The van der Waals surface area contributed by atoms with Crippen molar-refractivity contribution in [2.75, 3.05) is 0 Å². The van der Waals surface area contributed by atoms with E-state index >= 15 is 0 Å². The fourth-order valence-corrected chi connectivity index (χ4v) is 9.53. The fourth-order valence-electron chi connectivity index (χ4n) is 3.85. The van der Waals surface area contributed by atoms with Crippen LogP contribution in [0.1, 0.15) is 33.6 Å². The Bertz CT molecular complexity index is 713. The van der Waals surface area contributed by atoms with Gasteiger partial charge in [0.05, 0.1) is 6.10 Å². The SMILES string of the molecule is CC(C)(C)[Si](O[C@@H]1CC=C(Br)[C@@H](Br)C1)(c1ccccc1)c1ccccc1. The van der Waals surface area contributed by atoms with Gasteiger partial charge in [-0.05, 0) is 28.3 Å². The van der Waals surface area contributed by atoms with E-state index in [1.165, 1.54) is 14.9 Å². The third-order valence-electron chi connectivity index (χ3n) is 5.11. The molecular weight excluding hydrogens is 468 g/mol. The van der Waals surface area contributed by atoms with Crippen LogP contribution in [0.25, 0.3) is 0 Å². The van der Waals surface area contributed by atoms with Crippen molar-refractivity contribution in [3.63, 3.8) is 0 Å². The minimum absolute atomic E-state index is 0.0237. The molecule has 26 heavy (non-hydrogen) atoms. The van der Waals surface area contributed by atoms with Crippen LogP contribution in [0.3, 0.4) is 0 Å². The average molecular weight is 494 g/mol. The van der Waals surface area contributed by atoms with Crippen molar-refractivity contribution >= 4 is 50.6 Å². The lowest BCUT2D eigenvalue weighted by Gasteiger charge is -2.46. The van der Waals surface area contributed by atoms with E-state index in [0.29, 0.717) is 4.83 Å². The molecule has 0 fully saturated rings. The first-order valence-corrected chi connectivity index (χ1v) is 12.7. The Balaban J connectivity index is 2.12. The standard InChI is InChI=1S/C22H26Br2OSi/c1-22(2,3)26(18-10-6-4-7-11-18,19-12-8-5-9-13-19)25-17-14-15-20(23)21(24)16-17/h4-13,15,17,21H,14,16H2,1-3H3/t17-,21+/m1/s1. The van der Waals surface area contributed by atoms with Crippen molar-refractivity contribution in [3.8, 4) is 0 Å². The summed E-state index contributed by atoms with van der Waals surface area (Å²) < 4.78 is 8.41. The van der Waals surface area contributed by atoms with Gasteiger partial charge in [0.1, 0.15) is 0 Å². The molecule has 3 rings (SSSR count). The predicted octanol–water partition coefficient (Wildman–Crippen LogP) is 5.77. The highest BCUT2D eigenvalue weighted by atomic mass is 79.9. The van der Waals surface area contributed by atoms with Crippen LogP contribution in [-0.2, 0) is 4.43 Å². The van der Waals surface area contributed by atoms with Crippen molar-refractivity contribution in [2.24, 2.45) is 0 Å². The van der Waals surface area contributed by atoms with Crippen molar-refractivity contribution < 1.29 is 4.43 Å². The maximum absolute atomic E-state index is 7.18. The maximum Gasteiger partial charge on any atom is 0.261 e. The zero-order valence-electron chi connectivity index (χ0n) is 15.6. The molecule has 0 radical (unpaired) electrons. The molecule has 0 unspecified atom stereocenters. The lowest BCUT2D eigenvalue weighted by Crippen LogP contribution is -2.67. The molecule has 0 heterocycles. The van der Waals surface area contributed by atoms with Gasteiger partial charge in [-0.1, -0.05) is 119 Å². The Labute approximate surface area is 175 Å². The van der Waals surface area contributed by atoms with Gasteiger partial charge in [-0.15, -0.1) is 0 Å². The Morgan fingerprint density at radius 2 is 1.42 bits per heavy atom. The third kappa shape index (κ3) is 3.94. The summed E-state index contributed by atoms with van der Waals surface area (Å²) in [6.07, 6.45) is 4.41. The molecule has 1 aliphatic rings.